The Labute approximate surface area is 187 Å². The second kappa shape index (κ2) is 9.32. The minimum Gasteiger partial charge on any atom is -0.465 e. The Kier molecular flexibility index (Phi) is 6.96. The summed E-state index contributed by atoms with van der Waals surface area (Å²) in [6.45, 7) is 5.12. The van der Waals surface area contributed by atoms with E-state index >= 15 is 0 Å². The van der Waals surface area contributed by atoms with Gasteiger partial charge < -0.3 is 20.1 Å². The molecule has 1 atom stereocenters. The van der Waals surface area contributed by atoms with Gasteiger partial charge in [0.25, 0.3) is 0 Å². The molecule has 0 aliphatic carbocycles. The molecule has 0 unspecified atom stereocenters. The summed E-state index contributed by atoms with van der Waals surface area (Å²) in [6.07, 6.45) is -0.355. The van der Waals surface area contributed by atoms with Crippen molar-refractivity contribution in [1.82, 2.24) is 0 Å². The smallest absolute Gasteiger partial charge is 0.337 e. The van der Waals surface area contributed by atoms with Gasteiger partial charge in [0.05, 0.1) is 54.2 Å². The van der Waals surface area contributed by atoms with Gasteiger partial charge in [-0.15, -0.1) is 0 Å². The van der Waals surface area contributed by atoms with Gasteiger partial charge in [-0.3, -0.25) is 4.79 Å². The number of halogens is 3. The molecular weight excluding hydrogens is 474 g/mol. The molecule has 0 aromatic heterocycles. The zero-order chi connectivity index (χ0) is 22.8. The maximum atomic E-state index is 14.1. The maximum absolute atomic E-state index is 14.1. The van der Waals surface area contributed by atoms with Crippen LogP contribution >= 0.6 is 15.9 Å². The Bertz CT molecular complexity index is 1010. The van der Waals surface area contributed by atoms with E-state index in [1.807, 2.05) is 13.8 Å². The summed E-state index contributed by atoms with van der Waals surface area (Å²) < 4.78 is 38.2. The van der Waals surface area contributed by atoms with E-state index < -0.39 is 23.5 Å². The van der Waals surface area contributed by atoms with Gasteiger partial charge in [-0.25, -0.2) is 13.6 Å². The van der Waals surface area contributed by atoms with Gasteiger partial charge in [-0.05, 0) is 46.3 Å². The number of nitrogens with one attached hydrogen (secondary N) is 2. The summed E-state index contributed by atoms with van der Waals surface area (Å²) in [5.41, 5.74) is 0.978. The third-order valence-electron chi connectivity index (χ3n) is 5.19. The number of ether oxygens (including phenoxy) is 2. The average molecular weight is 497 g/mol. The van der Waals surface area contributed by atoms with E-state index in [-0.39, 0.29) is 27.9 Å². The van der Waals surface area contributed by atoms with Gasteiger partial charge in [-0.1, -0.05) is 13.8 Å². The Balaban J connectivity index is 1.84. The lowest BCUT2D eigenvalue weighted by Crippen LogP contribution is -2.35. The van der Waals surface area contributed by atoms with Crippen LogP contribution in [-0.4, -0.2) is 38.2 Å². The van der Waals surface area contributed by atoms with E-state index in [1.54, 1.807) is 12.1 Å². The lowest BCUT2D eigenvalue weighted by atomic mass is 9.87. The monoisotopic (exact) mass is 496 g/mol. The van der Waals surface area contributed by atoms with Gasteiger partial charge in [0, 0.05) is 11.0 Å². The lowest BCUT2D eigenvalue weighted by molar-refractivity contribution is -0.115. The van der Waals surface area contributed by atoms with E-state index in [9.17, 15) is 18.4 Å². The highest BCUT2D eigenvalue weighted by Gasteiger charge is 2.36. The Hall–Kier alpha value is -2.52. The highest BCUT2D eigenvalue weighted by atomic mass is 79.9. The van der Waals surface area contributed by atoms with Gasteiger partial charge >= 0.3 is 5.97 Å². The number of carbonyl (C=O) groups excluding carboxylic acids is 2. The first-order chi connectivity index (χ1) is 14.6. The number of carbonyl (C=O) groups is 2. The van der Waals surface area contributed by atoms with E-state index in [0.717, 1.165) is 12.1 Å². The van der Waals surface area contributed by atoms with Crippen LogP contribution < -0.4 is 10.6 Å². The first-order valence-corrected chi connectivity index (χ1v) is 10.4. The van der Waals surface area contributed by atoms with Crippen LogP contribution in [0.3, 0.4) is 0 Å². The standard InChI is InChI=1S/C22H23BrF2N2O4/c1-22(2)11-31-10-19(22)26-18-7-12(21(29)30-3)4-5-17(18)27-20(28)8-13-6-16(25)14(23)9-15(13)24/h4-7,9,19,26H,8,10-11H2,1-3H3,(H,27,28)/t19-/m1/s1. The number of amides is 1. The normalized spacial score (nSPS) is 17.3. The molecule has 2 aromatic carbocycles. The zero-order valence-electron chi connectivity index (χ0n) is 17.4. The predicted octanol–water partition coefficient (Wildman–Crippen LogP) is 4.53. The van der Waals surface area contributed by atoms with Crippen LogP contribution in [0.4, 0.5) is 20.2 Å². The van der Waals surface area contributed by atoms with Crippen molar-refractivity contribution in [2.75, 3.05) is 31.0 Å². The van der Waals surface area contributed by atoms with Crippen molar-refractivity contribution in [2.45, 2.75) is 26.3 Å². The van der Waals surface area contributed by atoms with Crippen molar-refractivity contribution in [3.05, 3.63) is 57.6 Å². The highest BCUT2D eigenvalue weighted by Crippen LogP contribution is 2.33. The predicted molar refractivity (Wildman–Crippen MR) is 116 cm³/mol. The van der Waals surface area contributed by atoms with Crippen LogP contribution in [0.5, 0.6) is 0 Å². The van der Waals surface area contributed by atoms with E-state index in [2.05, 4.69) is 26.6 Å². The second-order valence-electron chi connectivity index (χ2n) is 8.04. The van der Waals surface area contributed by atoms with Crippen LogP contribution in [0.15, 0.2) is 34.8 Å². The Morgan fingerprint density at radius 2 is 1.94 bits per heavy atom. The fraction of sp³-hybridized carbons (Fsp3) is 0.364. The average Bonchev–Trinajstić information content (AvgIpc) is 3.04. The molecule has 1 aliphatic heterocycles. The van der Waals surface area contributed by atoms with Crippen LogP contribution in [0.2, 0.25) is 0 Å². The van der Waals surface area contributed by atoms with Crippen LogP contribution in [0.1, 0.15) is 29.8 Å². The number of rotatable bonds is 6. The van der Waals surface area contributed by atoms with Gasteiger partial charge in [0.15, 0.2) is 0 Å². The molecule has 0 saturated carbocycles. The summed E-state index contributed by atoms with van der Waals surface area (Å²) in [7, 11) is 1.28. The first kappa shape index (κ1) is 23.1. The molecule has 2 N–H and O–H groups in total. The van der Waals surface area contributed by atoms with Crippen LogP contribution in [-0.2, 0) is 20.7 Å². The fourth-order valence-corrected chi connectivity index (χ4v) is 3.59. The summed E-state index contributed by atoms with van der Waals surface area (Å²) >= 11 is 2.91. The first-order valence-electron chi connectivity index (χ1n) is 9.60. The Morgan fingerprint density at radius 3 is 2.58 bits per heavy atom. The maximum Gasteiger partial charge on any atom is 0.337 e. The van der Waals surface area contributed by atoms with Crippen molar-refractivity contribution in [3.8, 4) is 0 Å². The number of benzene rings is 2. The third kappa shape index (κ3) is 5.40. The molecule has 1 heterocycles. The van der Waals surface area contributed by atoms with E-state index in [4.69, 9.17) is 9.47 Å². The number of hydrogen-bond donors (Lipinski definition) is 2. The molecule has 2 aromatic rings. The van der Waals surface area contributed by atoms with Crippen molar-refractivity contribution < 1.29 is 27.8 Å². The van der Waals surface area contributed by atoms with Gasteiger partial charge in [0.2, 0.25) is 5.91 Å². The molecule has 31 heavy (non-hydrogen) atoms. The van der Waals surface area contributed by atoms with Gasteiger partial charge in [-0.2, -0.15) is 0 Å². The fourth-order valence-electron chi connectivity index (χ4n) is 3.27. The molecule has 9 heteroatoms. The highest BCUT2D eigenvalue weighted by molar-refractivity contribution is 9.10. The van der Waals surface area contributed by atoms with Crippen molar-refractivity contribution in [1.29, 1.82) is 0 Å². The van der Waals surface area contributed by atoms with Crippen molar-refractivity contribution in [2.24, 2.45) is 5.41 Å². The summed E-state index contributed by atoms with van der Waals surface area (Å²) in [6, 6.07) is 6.57. The molecule has 166 valence electrons. The van der Waals surface area contributed by atoms with Crippen LogP contribution in [0, 0.1) is 17.0 Å². The molecule has 1 amide bonds. The molecule has 1 aliphatic rings. The SMILES string of the molecule is COC(=O)c1ccc(NC(=O)Cc2cc(F)c(Br)cc2F)c(N[C@@H]2COCC2(C)C)c1. The molecule has 0 radical (unpaired) electrons. The minimum atomic E-state index is -0.687. The number of esters is 1. The van der Waals surface area contributed by atoms with Gasteiger partial charge in [0.1, 0.15) is 11.6 Å². The van der Waals surface area contributed by atoms with E-state index in [1.165, 1.54) is 13.2 Å². The largest absolute Gasteiger partial charge is 0.465 e. The lowest BCUT2D eigenvalue weighted by Gasteiger charge is -2.27. The minimum absolute atomic E-state index is 0.0135. The van der Waals surface area contributed by atoms with Crippen LogP contribution in [0.25, 0.3) is 0 Å². The molecule has 1 saturated heterocycles. The Morgan fingerprint density at radius 1 is 1.19 bits per heavy atom. The molecule has 0 bridgehead atoms. The van der Waals surface area contributed by atoms with E-state index in [0.29, 0.717) is 30.2 Å². The third-order valence-corrected chi connectivity index (χ3v) is 5.79. The number of methoxy groups -OCH3 is 1. The summed E-state index contributed by atoms with van der Waals surface area (Å²) in [5.74, 6) is -2.39. The molecular formula is C22H23BrF2N2O4. The quantitative estimate of drug-likeness (QED) is 0.453. The zero-order valence-corrected chi connectivity index (χ0v) is 18.9. The summed E-state index contributed by atoms with van der Waals surface area (Å²) in [5, 5.41) is 6.04. The number of anilines is 2. The summed E-state index contributed by atoms with van der Waals surface area (Å²) in [4.78, 5) is 24.5. The second-order valence-corrected chi connectivity index (χ2v) is 8.89. The molecule has 1 fully saturated rings. The molecule has 0 spiro atoms. The van der Waals surface area contributed by atoms with Crippen molar-refractivity contribution in [3.63, 3.8) is 0 Å². The number of hydrogen-bond acceptors (Lipinski definition) is 5. The van der Waals surface area contributed by atoms with Crippen molar-refractivity contribution >= 4 is 39.2 Å². The molecule has 6 nitrogen and oxygen atoms in total. The topological polar surface area (TPSA) is 76.7 Å². The molecule has 3 rings (SSSR count).